The monoisotopic (exact) mass is 296 g/mol. The number of ether oxygens (including phenoxy) is 1. The van der Waals surface area contributed by atoms with Crippen LogP contribution in [0.15, 0.2) is 18.2 Å². The summed E-state index contributed by atoms with van der Waals surface area (Å²) in [5.74, 6) is 0.183. The number of halogens is 1. The van der Waals surface area contributed by atoms with Crippen LogP contribution in [0.25, 0.3) is 0 Å². The Kier molecular flexibility index (Phi) is 4.71. The first-order valence-electron chi connectivity index (χ1n) is 7.21. The molecule has 0 bridgehead atoms. The summed E-state index contributed by atoms with van der Waals surface area (Å²) in [4.78, 5) is 12.4. The molecule has 0 saturated carbocycles. The molecular formula is C16H23ClNO2+. The van der Waals surface area contributed by atoms with Crippen molar-refractivity contribution in [3.8, 4) is 0 Å². The highest BCUT2D eigenvalue weighted by Crippen LogP contribution is 2.29. The maximum atomic E-state index is 12.4. The number of nitrogens with two attached hydrogens (primary N) is 1. The van der Waals surface area contributed by atoms with Crippen molar-refractivity contribution in [1.29, 1.82) is 0 Å². The van der Waals surface area contributed by atoms with Crippen molar-refractivity contribution in [2.75, 3.05) is 13.1 Å². The molecule has 110 valence electrons. The van der Waals surface area contributed by atoms with Crippen LogP contribution in [0.5, 0.6) is 0 Å². The molecule has 1 aromatic carbocycles. The number of esters is 1. The molecule has 4 heteroatoms. The average Bonchev–Trinajstić information content (AvgIpc) is 2.39. The van der Waals surface area contributed by atoms with Crippen LogP contribution in [-0.2, 0) is 4.74 Å². The van der Waals surface area contributed by atoms with Gasteiger partial charge in [0.05, 0.1) is 18.7 Å². The van der Waals surface area contributed by atoms with Crippen LogP contribution >= 0.6 is 11.6 Å². The second kappa shape index (κ2) is 6.15. The molecule has 0 aliphatic carbocycles. The molecule has 1 fully saturated rings. The number of carbonyl (C=O) groups excluding carboxylic acids is 1. The summed E-state index contributed by atoms with van der Waals surface area (Å²) >= 11 is 5.92. The normalized spacial score (nSPS) is 17.0. The summed E-state index contributed by atoms with van der Waals surface area (Å²) in [6, 6.07) is 5.26. The molecule has 1 aliphatic rings. The van der Waals surface area contributed by atoms with E-state index in [1.54, 1.807) is 18.2 Å². The fourth-order valence-corrected chi connectivity index (χ4v) is 3.08. The minimum atomic E-state index is -0.419. The Balaban J connectivity index is 2.09. The lowest BCUT2D eigenvalue weighted by Crippen LogP contribution is -2.86. The number of quaternary nitrogens is 1. The zero-order valence-electron chi connectivity index (χ0n) is 12.4. The van der Waals surface area contributed by atoms with Gasteiger partial charge >= 0.3 is 5.97 Å². The molecule has 0 unspecified atom stereocenters. The topological polar surface area (TPSA) is 42.9 Å². The van der Waals surface area contributed by atoms with Crippen LogP contribution in [0.4, 0.5) is 0 Å². The molecule has 3 nitrogen and oxygen atoms in total. The number of benzene rings is 1. The van der Waals surface area contributed by atoms with Gasteiger partial charge in [0.2, 0.25) is 0 Å². The van der Waals surface area contributed by atoms with Crippen LogP contribution in [0, 0.1) is 12.8 Å². The largest absolute Gasteiger partial charge is 0.456 e. The number of piperidine rings is 1. The Morgan fingerprint density at radius 1 is 1.35 bits per heavy atom. The molecule has 1 heterocycles. The first kappa shape index (κ1) is 15.3. The fraction of sp³-hybridized carbons (Fsp3) is 0.562. The highest BCUT2D eigenvalue weighted by atomic mass is 35.5. The lowest BCUT2D eigenvalue weighted by molar-refractivity contribution is -0.665. The summed E-state index contributed by atoms with van der Waals surface area (Å²) in [7, 11) is 0. The molecule has 0 amide bonds. The molecule has 20 heavy (non-hydrogen) atoms. The minimum Gasteiger partial charge on any atom is -0.456 e. The molecule has 2 N–H and O–H groups in total. The second-order valence-electron chi connectivity index (χ2n) is 6.09. The van der Waals surface area contributed by atoms with Crippen molar-refractivity contribution in [3.63, 3.8) is 0 Å². The summed E-state index contributed by atoms with van der Waals surface area (Å²) in [5, 5.41) is 2.96. The summed E-state index contributed by atoms with van der Waals surface area (Å²) < 4.78 is 5.79. The molecule has 0 radical (unpaired) electrons. The first-order chi connectivity index (χ1) is 9.40. The van der Waals surface area contributed by atoms with Gasteiger partial charge in [-0.3, -0.25) is 0 Å². The van der Waals surface area contributed by atoms with Crippen molar-refractivity contribution in [3.05, 3.63) is 34.3 Å². The van der Waals surface area contributed by atoms with Gasteiger partial charge in [-0.05, 0) is 44.5 Å². The summed E-state index contributed by atoms with van der Waals surface area (Å²) in [5.41, 5.74) is 1.04. The fourth-order valence-electron chi connectivity index (χ4n) is 2.86. The predicted molar refractivity (Wildman–Crippen MR) is 80.1 cm³/mol. The van der Waals surface area contributed by atoms with Crippen molar-refractivity contribution in [2.24, 2.45) is 5.92 Å². The Morgan fingerprint density at radius 2 is 2.00 bits per heavy atom. The van der Waals surface area contributed by atoms with Crippen molar-refractivity contribution < 1.29 is 14.8 Å². The first-order valence-corrected chi connectivity index (χ1v) is 7.59. The van der Waals surface area contributed by atoms with Gasteiger partial charge in [0, 0.05) is 23.8 Å². The van der Waals surface area contributed by atoms with Crippen LogP contribution in [-0.4, -0.2) is 24.7 Å². The number of rotatable bonds is 3. The van der Waals surface area contributed by atoms with Gasteiger partial charge in [0.25, 0.3) is 0 Å². The Hall–Kier alpha value is -1.06. The van der Waals surface area contributed by atoms with E-state index < -0.39 is 5.60 Å². The Labute approximate surface area is 125 Å². The van der Waals surface area contributed by atoms with E-state index in [2.05, 4.69) is 5.32 Å². The van der Waals surface area contributed by atoms with E-state index in [0.717, 1.165) is 31.5 Å². The average molecular weight is 297 g/mol. The minimum absolute atomic E-state index is 0.251. The summed E-state index contributed by atoms with van der Waals surface area (Å²) in [6.45, 7) is 8.15. The maximum absolute atomic E-state index is 12.4. The maximum Gasteiger partial charge on any atom is 0.338 e. The molecule has 0 spiro atoms. The van der Waals surface area contributed by atoms with Gasteiger partial charge < -0.3 is 10.1 Å². The predicted octanol–water partition coefficient (Wildman–Crippen LogP) is 2.56. The number of aryl methyl sites for hydroxylation is 1. The molecule has 1 aliphatic heterocycles. The SMILES string of the molecule is Cc1cc(Cl)ccc1C(=O)OC(C)(C)C1CC[NH2+]CC1. The lowest BCUT2D eigenvalue weighted by atomic mass is 9.83. The molecule has 0 aromatic heterocycles. The van der Waals surface area contributed by atoms with Crippen molar-refractivity contribution in [2.45, 2.75) is 39.2 Å². The van der Waals surface area contributed by atoms with Gasteiger partial charge in [-0.15, -0.1) is 0 Å². The van der Waals surface area contributed by atoms with Crippen molar-refractivity contribution >= 4 is 17.6 Å². The third kappa shape index (κ3) is 3.53. The molecule has 0 atom stereocenters. The molecule has 1 aromatic rings. The third-order valence-corrected chi connectivity index (χ3v) is 4.42. The van der Waals surface area contributed by atoms with E-state index in [-0.39, 0.29) is 5.97 Å². The highest BCUT2D eigenvalue weighted by Gasteiger charge is 2.35. The number of hydrogen-bond donors (Lipinski definition) is 1. The van der Waals surface area contributed by atoms with Gasteiger partial charge in [0.1, 0.15) is 5.60 Å². The number of carbonyl (C=O) groups is 1. The van der Waals surface area contributed by atoms with Gasteiger partial charge in [0.15, 0.2) is 0 Å². The summed E-state index contributed by atoms with van der Waals surface area (Å²) in [6.07, 6.45) is 2.19. The third-order valence-electron chi connectivity index (χ3n) is 4.19. The van der Waals surface area contributed by atoms with E-state index in [1.807, 2.05) is 20.8 Å². The van der Waals surface area contributed by atoms with E-state index in [9.17, 15) is 4.79 Å². The molecule has 2 rings (SSSR count). The van der Waals surface area contributed by atoms with E-state index in [0.29, 0.717) is 16.5 Å². The van der Waals surface area contributed by atoms with Crippen LogP contribution in [0.3, 0.4) is 0 Å². The zero-order chi connectivity index (χ0) is 14.8. The zero-order valence-corrected chi connectivity index (χ0v) is 13.2. The van der Waals surface area contributed by atoms with Gasteiger partial charge in [-0.2, -0.15) is 0 Å². The van der Waals surface area contributed by atoms with Crippen LogP contribution < -0.4 is 5.32 Å². The quantitative estimate of drug-likeness (QED) is 0.871. The van der Waals surface area contributed by atoms with Gasteiger partial charge in [-0.1, -0.05) is 11.6 Å². The van der Waals surface area contributed by atoms with Crippen LogP contribution in [0.2, 0.25) is 5.02 Å². The smallest absolute Gasteiger partial charge is 0.338 e. The van der Waals surface area contributed by atoms with Crippen LogP contribution in [0.1, 0.15) is 42.6 Å². The molecular weight excluding hydrogens is 274 g/mol. The second-order valence-corrected chi connectivity index (χ2v) is 6.53. The molecule has 1 saturated heterocycles. The number of hydrogen-bond acceptors (Lipinski definition) is 2. The lowest BCUT2D eigenvalue weighted by Gasteiger charge is -2.35. The van der Waals surface area contributed by atoms with Crippen molar-refractivity contribution in [1.82, 2.24) is 0 Å². The Bertz CT molecular complexity index is 493. The highest BCUT2D eigenvalue weighted by molar-refractivity contribution is 6.30. The Morgan fingerprint density at radius 3 is 2.60 bits per heavy atom. The van der Waals surface area contributed by atoms with E-state index >= 15 is 0 Å². The van der Waals surface area contributed by atoms with Gasteiger partial charge in [-0.25, -0.2) is 4.79 Å². The van der Waals surface area contributed by atoms with E-state index in [4.69, 9.17) is 16.3 Å². The standard InChI is InChI=1S/C16H22ClNO2/c1-11-10-13(17)4-5-14(11)15(19)20-16(2,3)12-6-8-18-9-7-12/h4-5,10,12,18H,6-9H2,1-3H3/p+1. The van der Waals surface area contributed by atoms with E-state index in [1.165, 1.54) is 0 Å².